The topological polar surface area (TPSA) is 60.1 Å². The minimum absolute atomic E-state index is 0.104. The van der Waals surface area contributed by atoms with Gasteiger partial charge in [-0.3, -0.25) is 9.78 Å². The number of aromatic nitrogens is 3. The molecule has 0 fully saturated rings. The highest BCUT2D eigenvalue weighted by Crippen LogP contribution is 2.34. The number of hydrogen-bond donors (Lipinski definition) is 0. The molecule has 0 radical (unpaired) electrons. The van der Waals surface area contributed by atoms with Crippen LogP contribution in [0.2, 0.25) is 10.0 Å². The van der Waals surface area contributed by atoms with Gasteiger partial charge in [-0.1, -0.05) is 29.3 Å². The molecule has 4 rings (SSSR count). The van der Waals surface area contributed by atoms with Gasteiger partial charge in [0.2, 0.25) is 0 Å². The van der Waals surface area contributed by atoms with Crippen LogP contribution in [-0.4, -0.2) is 20.9 Å². The van der Waals surface area contributed by atoms with E-state index >= 15 is 0 Å². The summed E-state index contributed by atoms with van der Waals surface area (Å²) in [6, 6.07) is 11.3. The molecule has 5 nitrogen and oxygen atoms in total. The molecule has 0 saturated heterocycles. The van der Waals surface area contributed by atoms with Crippen molar-refractivity contribution < 1.29 is 13.2 Å². The van der Waals surface area contributed by atoms with E-state index in [-0.39, 0.29) is 16.8 Å². The maximum absolute atomic E-state index is 13.1. The van der Waals surface area contributed by atoms with Crippen molar-refractivity contribution in [2.75, 3.05) is 0 Å². The van der Waals surface area contributed by atoms with Gasteiger partial charge in [0, 0.05) is 23.0 Å². The van der Waals surface area contributed by atoms with E-state index in [1.807, 2.05) is 0 Å². The molecule has 31 heavy (non-hydrogen) atoms. The van der Waals surface area contributed by atoms with Crippen LogP contribution >= 0.6 is 23.2 Å². The fraction of sp³-hybridized carbons (Fsp3) is 0.0476. The van der Waals surface area contributed by atoms with Crippen molar-refractivity contribution in [1.29, 1.82) is 0 Å². The fourth-order valence-corrected chi connectivity index (χ4v) is 3.30. The highest BCUT2D eigenvalue weighted by molar-refractivity contribution is 6.31. The van der Waals surface area contributed by atoms with Gasteiger partial charge >= 0.3 is 6.18 Å². The van der Waals surface area contributed by atoms with E-state index in [1.165, 1.54) is 18.3 Å². The average Bonchev–Trinajstić information content (AvgIpc) is 2.74. The van der Waals surface area contributed by atoms with E-state index in [9.17, 15) is 18.0 Å². The zero-order valence-corrected chi connectivity index (χ0v) is 16.9. The summed E-state index contributed by atoms with van der Waals surface area (Å²) in [6.07, 6.45) is -0.438. The molecule has 0 amide bonds. The third-order valence-electron chi connectivity index (χ3n) is 4.35. The molecular weight excluding hydrogens is 452 g/mol. The summed E-state index contributed by atoms with van der Waals surface area (Å²) in [5.74, 6) is 0.175. The molecule has 0 saturated carbocycles. The van der Waals surface area contributed by atoms with Crippen LogP contribution in [0, 0.1) is 0 Å². The van der Waals surface area contributed by atoms with Gasteiger partial charge in [0.1, 0.15) is 0 Å². The minimum Gasteiger partial charge on any atom is -0.267 e. The summed E-state index contributed by atoms with van der Waals surface area (Å²) in [6.45, 7) is 0. The molecular formula is C21H11Cl2F3N4O. The molecule has 156 valence electrons. The molecule has 0 N–H and O–H groups in total. The number of pyridine rings is 1. The minimum atomic E-state index is -4.63. The predicted molar refractivity (Wildman–Crippen MR) is 114 cm³/mol. The molecule has 0 atom stereocenters. The highest BCUT2D eigenvalue weighted by atomic mass is 35.5. The zero-order valence-electron chi connectivity index (χ0n) is 15.4. The van der Waals surface area contributed by atoms with Gasteiger partial charge in [-0.2, -0.15) is 22.9 Å². The Morgan fingerprint density at radius 1 is 1.06 bits per heavy atom. The van der Waals surface area contributed by atoms with Crippen molar-refractivity contribution >= 4 is 40.3 Å². The number of hydrogen-bond acceptors (Lipinski definition) is 4. The van der Waals surface area contributed by atoms with E-state index in [0.717, 1.165) is 23.0 Å². The lowest BCUT2D eigenvalue weighted by Crippen LogP contribution is -2.20. The van der Waals surface area contributed by atoms with Crippen LogP contribution in [-0.2, 0) is 6.18 Å². The quantitative estimate of drug-likeness (QED) is 0.368. The van der Waals surface area contributed by atoms with Crippen molar-refractivity contribution in [1.82, 2.24) is 14.6 Å². The van der Waals surface area contributed by atoms with Crippen LogP contribution in [0.3, 0.4) is 0 Å². The summed E-state index contributed by atoms with van der Waals surface area (Å²) < 4.78 is 40.4. The number of fused-ring (bicyclic) bond motifs is 1. The van der Waals surface area contributed by atoms with Gasteiger partial charge in [0.15, 0.2) is 5.82 Å². The first-order valence-corrected chi connectivity index (χ1v) is 9.53. The SMILES string of the molecule is O=c1c2cc(Cl)ccc2nc(-c2cccnc2)n1N=Cc1ccc(Cl)c(C(F)(F)F)c1. The van der Waals surface area contributed by atoms with E-state index < -0.39 is 22.3 Å². The van der Waals surface area contributed by atoms with E-state index in [1.54, 1.807) is 30.5 Å². The number of nitrogens with zero attached hydrogens (tertiary/aromatic N) is 4. The number of halogens is 5. The summed E-state index contributed by atoms with van der Waals surface area (Å²) in [5.41, 5.74) is -0.535. The van der Waals surface area contributed by atoms with Crippen molar-refractivity contribution in [3.05, 3.63) is 92.5 Å². The molecule has 2 heterocycles. The fourth-order valence-electron chi connectivity index (χ4n) is 2.90. The molecule has 0 aliphatic carbocycles. The Kier molecular flexibility index (Phi) is 5.51. The van der Waals surface area contributed by atoms with Crippen LogP contribution < -0.4 is 5.56 Å². The number of rotatable bonds is 3. The Labute approximate surface area is 183 Å². The van der Waals surface area contributed by atoms with Crippen molar-refractivity contribution in [2.24, 2.45) is 5.10 Å². The highest BCUT2D eigenvalue weighted by Gasteiger charge is 2.33. The Bertz CT molecular complexity index is 1370. The van der Waals surface area contributed by atoms with Crippen LogP contribution in [0.15, 0.2) is 70.8 Å². The van der Waals surface area contributed by atoms with Crippen LogP contribution in [0.4, 0.5) is 13.2 Å². The molecule has 10 heteroatoms. The lowest BCUT2D eigenvalue weighted by atomic mass is 10.1. The Balaban J connectivity index is 1.91. The van der Waals surface area contributed by atoms with Crippen molar-refractivity contribution in [2.45, 2.75) is 6.18 Å². The molecule has 0 spiro atoms. The van der Waals surface area contributed by atoms with Crippen LogP contribution in [0.5, 0.6) is 0 Å². The smallest absolute Gasteiger partial charge is 0.267 e. The second-order valence-corrected chi connectivity index (χ2v) is 7.28. The predicted octanol–water partition coefficient (Wildman–Crippen LogP) is 5.67. The number of benzene rings is 2. The van der Waals surface area contributed by atoms with Gasteiger partial charge in [-0.25, -0.2) is 4.98 Å². The maximum atomic E-state index is 13.1. The van der Waals surface area contributed by atoms with E-state index in [2.05, 4.69) is 15.1 Å². The Morgan fingerprint density at radius 2 is 1.87 bits per heavy atom. The molecule has 0 aliphatic heterocycles. The summed E-state index contributed by atoms with van der Waals surface area (Å²) in [5, 5.41) is 4.24. The normalized spacial score (nSPS) is 12.0. The lowest BCUT2D eigenvalue weighted by molar-refractivity contribution is -0.137. The number of alkyl halides is 3. The van der Waals surface area contributed by atoms with Gasteiger partial charge < -0.3 is 0 Å². The molecule has 2 aromatic heterocycles. The van der Waals surface area contributed by atoms with Crippen LogP contribution in [0.1, 0.15) is 11.1 Å². The second kappa shape index (κ2) is 8.13. The lowest BCUT2D eigenvalue weighted by Gasteiger charge is -2.10. The van der Waals surface area contributed by atoms with Crippen molar-refractivity contribution in [3.8, 4) is 11.4 Å². The standard InChI is InChI=1S/C21H11Cl2F3N4O/c22-14-4-6-18-15(9-14)20(31)30(19(29-18)13-2-1-7-27-11-13)28-10-12-3-5-17(23)16(8-12)21(24,25)26/h1-11H. The van der Waals surface area contributed by atoms with Gasteiger partial charge in [-0.15, -0.1) is 0 Å². The average molecular weight is 463 g/mol. The summed E-state index contributed by atoms with van der Waals surface area (Å²) in [4.78, 5) is 21.6. The largest absolute Gasteiger partial charge is 0.417 e. The zero-order chi connectivity index (χ0) is 22.2. The first-order chi connectivity index (χ1) is 14.7. The summed E-state index contributed by atoms with van der Waals surface area (Å²) in [7, 11) is 0. The van der Waals surface area contributed by atoms with Crippen molar-refractivity contribution in [3.63, 3.8) is 0 Å². The first kappa shape index (κ1) is 21.0. The molecule has 0 aliphatic rings. The molecule has 0 bridgehead atoms. The van der Waals surface area contributed by atoms with Crippen LogP contribution in [0.25, 0.3) is 22.3 Å². The third kappa shape index (κ3) is 4.30. The second-order valence-electron chi connectivity index (χ2n) is 6.44. The van der Waals surface area contributed by atoms with Gasteiger partial charge in [0.25, 0.3) is 5.56 Å². The third-order valence-corrected chi connectivity index (χ3v) is 4.91. The van der Waals surface area contributed by atoms with E-state index in [4.69, 9.17) is 23.2 Å². The maximum Gasteiger partial charge on any atom is 0.417 e. The van der Waals surface area contributed by atoms with E-state index in [0.29, 0.717) is 16.1 Å². The Hall–Kier alpha value is -3.23. The van der Waals surface area contributed by atoms with Gasteiger partial charge in [-0.05, 0) is 48.0 Å². The summed E-state index contributed by atoms with van der Waals surface area (Å²) >= 11 is 11.7. The molecule has 2 aromatic carbocycles. The first-order valence-electron chi connectivity index (χ1n) is 8.78. The van der Waals surface area contributed by atoms with Gasteiger partial charge in [0.05, 0.1) is 27.7 Å². The molecule has 0 unspecified atom stereocenters. The molecule has 4 aromatic rings. The monoisotopic (exact) mass is 462 g/mol. The Morgan fingerprint density at radius 3 is 2.58 bits per heavy atom.